The molecule has 0 aromatic carbocycles. The molecule has 5 heteroatoms. The predicted octanol–water partition coefficient (Wildman–Crippen LogP) is 2.64. The van der Waals surface area contributed by atoms with E-state index in [4.69, 9.17) is 5.73 Å². The van der Waals surface area contributed by atoms with Gasteiger partial charge in [0.1, 0.15) is 0 Å². The van der Waals surface area contributed by atoms with Crippen molar-refractivity contribution in [3.8, 4) is 0 Å². The van der Waals surface area contributed by atoms with Crippen molar-refractivity contribution in [3.05, 3.63) is 0 Å². The molecule has 13 heavy (non-hydrogen) atoms. The second kappa shape index (κ2) is 19.0. The minimum Gasteiger partial charge on any atom is -0.330 e. The average Bonchev–Trinajstić information content (AvgIpc) is 2.03. The first-order valence-electron chi connectivity index (χ1n) is 4.15. The molecule has 2 nitrogen and oxygen atoms in total. The van der Waals surface area contributed by atoms with E-state index in [1.807, 2.05) is 0 Å². The standard InChI is InChI=1S/C5H12BrN.C3H8BrN.BrH/c1-7(2)5-3-4-6;4-2-1-3-5;/h3-5H2,1-2H3;1-3,5H2;1H. The summed E-state index contributed by atoms with van der Waals surface area (Å²) in [7, 11) is 4.17. The molecular formula is C8H21Br3N2. The number of halogens is 3. The van der Waals surface area contributed by atoms with E-state index in [0.29, 0.717) is 0 Å². The third-order valence-corrected chi connectivity index (χ3v) is 2.20. The van der Waals surface area contributed by atoms with Crippen LogP contribution in [0.15, 0.2) is 0 Å². The lowest BCUT2D eigenvalue weighted by atomic mass is 10.5. The van der Waals surface area contributed by atoms with Crippen molar-refractivity contribution >= 4 is 48.8 Å². The van der Waals surface area contributed by atoms with E-state index in [2.05, 4.69) is 50.9 Å². The van der Waals surface area contributed by atoms with Crippen molar-refractivity contribution < 1.29 is 0 Å². The number of rotatable bonds is 5. The summed E-state index contributed by atoms with van der Waals surface area (Å²) in [5.41, 5.74) is 5.11. The van der Waals surface area contributed by atoms with Crippen LogP contribution in [0, 0.1) is 0 Å². The van der Waals surface area contributed by atoms with Gasteiger partial charge >= 0.3 is 0 Å². The Morgan fingerprint density at radius 1 is 1.08 bits per heavy atom. The van der Waals surface area contributed by atoms with Crippen molar-refractivity contribution in [3.63, 3.8) is 0 Å². The summed E-state index contributed by atoms with van der Waals surface area (Å²) in [6.45, 7) is 1.98. The van der Waals surface area contributed by atoms with Crippen molar-refractivity contribution in [2.45, 2.75) is 12.8 Å². The second-order valence-corrected chi connectivity index (χ2v) is 4.26. The van der Waals surface area contributed by atoms with Crippen LogP contribution in [0.5, 0.6) is 0 Å². The summed E-state index contributed by atoms with van der Waals surface area (Å²) in [4.78, 5) is 2.18. The fraction of sp³-hybridized carbons (Fsp3) is 1.00. The Bertz CT molecular complexity index is 70.4. The quantitative estimate of drug-likeness (QED) is 0.738. The lowest BCUT2D eigenvalue weighted by Gasteiger charge is -2.05. The van der Waals surface area contributed by atoms with Gasteiger partial charge in [-0.05, 0) is 40.0 Å². The van der Waals surface area contributed by atoms with E-state index in [9.17, 15) is 0 Å². The van der Waals surface area contributed by atoms with Crippen LogP contribution in [0.4, 0.5) is 0 Å². The van der Waals surface area contributed by atoms with E-state index in [1.165, 1.54) is 13.0 Å². The highest BCUT2D eigenvalue weighted by Gasteiger charge is 1.84. The van der Waals surface area contributed by atoms with Gasteiger partial charge in [-0.15, -0.1) is 17.0 Å². The number of alkyl halides is 2. The molecule has 0 amide bonds. The summed E-state index contributed by atoms with van der Waals surface area (Å²) in [5, 5.41) is 2.15. The molecule has 0 aliphatic heterocycles. The number of hydrogen-bond donors (Lipinski definition) is 1. The van der Waals surface area contributed by atoms with Crippen molar-refractivity contribution in [1.29, 1.82) is 0 Å². The minimum absolute atomic E-state index is 0. The largest absolute Gasteiger partial charge is 0.330 e. The summed E-state index contributed by atoms with van der Waals surface area (Å²) in [6, 6.07) is 0. The van der Waals surface area contributed by atoms with Gasteiger partial charge in [0.15, 0.2) is 0 Å². The molecule has 0 atom stereocenters. The smallest absolute Gasteiger partial charge is 0.00434 e. The van der Waals surface area contributed by atoms with Gasteiger partial charge in [0.05, 0.1) is 0 Å². The van der Waals surface area contributed by atoms with Gasteiger partial charge in [-0.25, -0.2) is 0 Å². The molecule has 0 heterocycles. The van der Waals surface area contributed by atoms with Gasteiger partial charge in [-0.1, -0.05) is 31.9 Å². The third kappa shape index (κ3) is 31.8. The normalized spacial score (nSPS) is 8.77. The van der Waals surface area contributed by atoms with Crippen LogP contribution in [0.25, 0.3) is 0 Å². The van der Waals surface area contributed by atoms with Gasteiger partial charge in [-0.2, -0.15) is 0 Å². The van der Waals surface area contributed by atoms with Crippen LogP contribution in [0.1, 0.15) is 12.8 Å². The van der Waals surface area contributed by atoms with Crippen molar-refractivity contribution in [2.24, 2.45) is 5.73 Å². The zero-order chi connectivity index (χ0) is 9.82. The first-order chi connectivity index (χ1) is 5.68. The van der Waals surface area contributed by atoms with E-state index >= 15 is 0 Å². The summed E-state index contributed by atoms with van der Waals surface area (Å²) in [5.74, 6) is 0. The molecule has 0 spiro atoms. The molecule has 0 saturated carbocycles. The monoisotopic (exact) mass is 382 g/mol. The van der Waals surface area contributed by atoms with Crippen LogP contribution >= 0.6 is 48.8 Å². The van der Waals surface area contributed by atoms with E-state index in [-0.39, 0.29) is 17.0 Å². The molecule has 2 N–H and O–H groups in total. The molecule has 0 unspecified atom stereocenters. The Labute approximate surface area is 110 Å². The summed E-state index contributed by atoms with van der Waals surface area (Å²) >= 11 is 6.58. The first kappa shape index (κ1) is 19.9. The molecule has 0 aromatic rings. The van der Waals surface area contributed by atoms with Crippen molar-refractivity contribution in [1.82, 2.24) is 4.90 Å². The van der Waals surface area contributed by atoms with Crippen LogP contribution in [-0.4, -0.2) is 42.7 Å². The molecule has 0 aliphatic carbocycles. The Morgan fingerprint density at radius 3 is 1.62 bits per heavy atom. The molecule has 0 fully saturated rings. The van der Waals surface area contributed by atoms with Gasteiger partial charge in [0, 0.05) is 10.7 Å². The Morgan fingerprint density at radius 2 is 1.54 bits per heavy atom. The zero-order valence-electron chi connectivity index (χ0n) is 8.43. The summed E-state index contributed by atoms with van der Waals surface area (Å²) < 4.78 is 0. The molecule has 0 radical (unpaired) electrons. The number of nitrogens with two attached hydrogens (primary N) is 1. The lowest BCUT2D eigenvalue weighted by Crippen LogP contribution is -2.12. The maximum absolute atomic E-state index is 5.11. The molecule has 0 rings (SSSR count). The number of hydrogen-bond acceptors (Lipinski definition) is 2. The Balaban J connectivity index is -0.000000150. The lowest BCUT2D eigenvalue weighted by molar-refractivity contribution is 0.410. The highest BCUT2D eigenvalue weighted by atomic mass is 79.9. The SMILES string of the molecule is Br.CN(C)CCCBr.NCCCBr. The van der Waals surface area contributed by atoms with Crippen LogP contribution < -0.4 is 5.73 Å². The molecule has 0 aromatic heterocycles. The van der Waals surface area contributed by atoms with Crippen LogP contribution in [0.2, 0.25) is 0 Å². The molecule has 0 saturated heterocycles. The zero-order valence-corrected chi connectivity index (χ0v) is 13.3. The van der Waals surface area contributed by atoms with Gasteiger partial charge in [-0.3, -0.25) is 0 Å². The van der Waals surface area contributed by atoms with Gasteiger partial charge in [0.2, 0.25) is 0 Å². The molecular weight excluding hydrogens is 364 g/mol. The van der Waals surface area contributed by atoms with Crippen LogP contribution in [0.3, 0.4) is 0 Å². The maximum atomic E-state index is 5.11. The van der Waals surface area contributed by atoms with E-state index < -0.39 is 0 Å². The number of nitrogens with zero attached hydrogens (tertiary/aromatic N) is 1. The van der Waals surface area contributed by atoms with E-state index in [0.717, 1.165) is 23.6 Å². The highest BCUT2D eigenvalue weighted by Crippen LogP contribution is 1.87. The fourth-order valence-corrected chi connectivity index (χ4v) is 1.03. The second-order valence-electron chi connectivity index (χ2n) is 2.68. The third-order valence-electron chi connectivity index (χ3n) is 1.08. The van der Waals surface area contributed by atoms with E-state index in [1.54, 1.807) is 0 Å². The van der Waals surface area contributed by atoms with Gasteiger partial charge in [0.25, 0.3) is 0 Å². The predicted molar refractivity (Wildman–Crippen MR) is 74.8 cm³/mol. The Kier molecular flexibility index (Phi) is 29.1. The average molecular weight is 385 g/mol. The highest BCUT2D eigenvalue weighted by molar-refractivity contribution is 9.09. The van der Waals surface area contributed by atoms with Crippen molar-refractivity contribution in [2.75, 3.05) is 37.8 Å². The maximum Gasteiger partial charge on any atom is 0.00434 e. The minimum atomic E-state index is 0. The van der Waals surface area contributed by atoms with Gasteiger partial charge < -0.3 is 10.6 Å². The topological polar surface area (TPSA) is 29.3 Å². The molecule has 0 aliphatic rings. The molecule has 0 bridgehead atoms. The Hall–Kier alpha value is 1.36. The summed E-state index contributed by atoms with van der Waals surface area (Å²) in [6.07, 6.45) is 2.33. The molecule has 84 valence electrons. The first-order valence-corrected chi connectivity index (χ1v) is 6.40. The van der Waals surface area contributed by atoms with Crippen LogP contribution in [-0.2, 0) is 0 Å². The fourth-order valence-electron chi connectivity index (χ4n) is 0.453.